The van der Waals surface area contributed by atoms with Gasteiger partial charge in [-0.2, -0.15) is 0 Å². The summed E-state index contributed by atoms with van der Waals surface area (Å²) < 4.78 is 36.9. The zero-order valence-electron chi connectivity index (χ0n) is 9.90. The first kappa shape index (κ1) is 11.7. The van der Waals surface area contributed by atoms with Gasteiger partial charge in [0, 0.05) is 17.0 Å². The van der Waals surface area contributed by atoms with Gasteiger partial charge in [0.1, 0.15) is 29.6 Å². The Morgan fingerprint density at radius 3 is 2.68 bits per heavy atom. The SMILES string of the molecule is Fc1cccc(OCc2coc3ccc(F)cc23)c1. The minimum atomic E-state index is -0.361. The van der Waals surface area contributed by atoms with Gasteiger partial charge in [-0.3, -0.25) is 0 Å². The third-order valence-corrected chi connectivity index (χ3v) is 2.81. The van der Waals surface area contributed by atoms with Crippen LogP contribution in [0, 0.1) is 11.6 Å². The van der Waals surface area contributed by atoms with Gasteiger partial charge >= 0.3 is 0 Å². The first-order valence-electron chi connectivity index (χ1n) is 5.76. The van der Waals surface area contributed by atoms with Gasteiger partial charge in [0.2, 0.25) is 0 Å². The lowest BCUT2D eigenvalue weighted by atomic mass is 10.2. The van der Waals surface area contributed by atoms with E-state index in [9.17, 15) is 8.78 Å². The van der Waals surface area contributed by atoms with Gasteiger partial charge in [0.05, 0.1) is 6.26 Å². The predicted octanol–water partition coefficient (Wildman–Crippen LogP) is 4.29. The van der Waals surface area contributed by atoms with Crippen molar-refractivity contribution in [1.82, 2.24) is 0 Å². The summed E-state index contributed by atoms with van der Waals surface area (Å²) >= 11 is 0. The van der Waals surface area contributed by atoms with Crippen LogP contribution in [-0.2, 0) is 6.61 Å². The summed E-state index contributed by atoms with van der Waals surface area (Å²) in [6.07, 6.45) is 1.52. The number of ether oxygens (including phenoxy) is 1. The Bertz CT molecular complexity index is 719. The van der Waals surface area contributed by atoms with Crippen molar-refractivity contribution in [2.75, 3.05) is 0 Å². The standard InChI is InChI=1S/C15H10F2O2/c16-11-2-1-3-13(6-11)18-8-10-9-19-15-5-4-12(17)7-14(10)15/h1-7,9H,8H2. The first-order valence-corrected chi connectivity index (χ1v) is 5.76. The number of halogens is 2. The average Bonchev–Trinajstić information content (AvgIpc) is 2.79. The fourth-order valence-corrected chi connectivity index (χ4v) is 1.88. The van der Waals surface area contributed by atoms with E-state index in [0.717, 1.165) is 5.56 Å². The molecule has 0 aliphatic carbocycles. The molecule has 1 aromatic heterocycles. The van der Waals surface area contributed by atoms with Crippen LogP contribution in [0.25, 0.3) is 11.0 Å². The Kier molecular flexibility index (Phi) is 2.91. The summed E-state index contributed by atoms with van der Waals surface area (Å²) in [7, 11) is 0. The maximum absolute atomic E-state index is 13.2. The highest BCUT2D eigenvalue weighted by Gasteiger charge is 2.07. The van der Waals surface area contributed by atoms with Gasteiger partial charge in [-0.1, -0.05) is 6.07 Å². The van der Waals surface area contributed by atoms with Crippen molar-refractivity contribution in [3.8, 4) is 5.75 Å². The molecule has 0 radical (unpaired) electrons. The zero-order chi connectivity index (χ0) is 13.2. The highest BCUT2D eigenvalue weighted by molar-refractivity contribution is 5.80. The third-order valence-electron chi connectivity index (χ3n) is 2.81. The van der Waals surface area contributed by atoms with Crippen molar-refractivity contribution in [1.29, 1.82) is 0 Å². The van der Waals surface area contributed by atoms with E-state index in [-0.39, 0.29) is 18.2 Å². The Hall–Kier alpha value is -2.36. The molecule has 0 bridgehead atoms. The average molecular weight is 260 g/mol. The molecule has 0 aliphatic rings. The van der Waals surface area contributed by atoms with E-state index in [0.29, 0.717) is 16.7 Å². The molecular weight excluding hydrogens is 250 g/mol. The van der Waals surface area contributed by atoms with Crippen LogP contribution in [0.15, 0.2) is 53.1 Å². The fraction of sp³-hybridized carbons (Fsp3) is 0.0667. The second kappa shape index (κ2) is 4.72. The molecule has 0 spiro atoms. The van der Waals surface area contributed by atoms with Gasteiger partial charge in [-0.25, -0.2) is 8.78 Å². The van der Waals surface area contributed by atoms with Crippen LogP contribution in [0.5, 0.6) is 5.75 Å². The van der Waals surface area contributed by atoms with Crippen LogP contribution in [0.3, 0.4) is 0 Å². The smallest absolute Gasteiger partial charge is 0.134 e. The molecule has 1 heterocycles. The normalized spacial score (nSPS) is 10.8. The lowest BCUT2D eigenvalue weighted by Gasteiger charge is -2.04. The summed E-state index contributed by atoms with van der Waals surface area (Å²) in [5.41, 5.74) is 1.32. The van der Waals surface area contributed by atoms with E-state index >= 15 is 0 Å². The third kappa shape index (κ3) is 2.42. The molecule has 19 heavy (non-hydrogen) atoms. The molecule has 0 N–H and O–H groups in total. The maximum Gasteiger partial charge on any atom is 0.134 e. The van der Waals surface area contributed by atoms with Crippen LogP contribution in [0.1, 0.15) is 5.56 Å². The lowest BCUT2D eigenvalue weighted by Crippen LogP contribution is -1.94. The van der Waals surface area contributed by atoms with Crippen LogP contribution >= 0.6 is 0 Å². The minimum Gasteiger partial charge on any atom is -0.489 e. The van der Waals surface area contributed by atoms with Gasteiger partial charge < -0.3 is 9.15 Å². The Morgan fingerprint density at radius 1 is 1.00 bits per heavy atom. The Morgan fingerprint density at radius 2 is 1.84 bits per heavy atom. The monoisotopic (exact) mass is 260 g/mol. The topological polar surface area (TPSA) is 22.4 Å². The van der Waals surface area contributed by atoms with Crippen LogP contribution < -0.4 is 4.74 Å². The molecule has 0 aliphatic heterocycles. The number of benzene rings is 2. The largest absolute Gasteiger partial charge is 0.489 e. The van der Waals surface area contributed by atoms with E-state index in [4.69, 9.17) is 9.15 Å². The second-order valence-electron chi connectivity index (χ2n) is 4.15. The van der Waals surface area contributed by atoms with Gasteiger partial charge in [-0.15, -0.1) is 0 Å². The molecule has 3 aromatic rings. The van der Waals surface area contributed by atoms with E-state index in [2.05, 4.69) is 0 Å². The van der Waals surface area contributed by atoms with E-state index < -0.39 is 0 Å². The molecule has 0 atom stereocenters. The fourth-order valence-electron chi connectivity index (χ4n) is 1.88. The zero-order valence-corrected chi connectivity index (χ0v) is 9.90. The Labute approximate surface area is 108 Å². The van der Waals surface area contributed by atoms with Crippen molar-refractivity contribution < 1.29 is 17.9 Å². The molecule has 0 unspecified atom stereocenters. The minimum absolute atomic E-state index is 0.194. The van der Waals surface area contributed by atoms with Crippen molar-refractivity contribution in [2.24, 2.45) is 0 Å². The quantitative estimate of drug-likeness (QED) is 0.701. The van der Waals surface area contributed by atoms with Gasteiger partial charge in [-0.05, 0) is 30.3 Å². The molecule has 0 saturated heterocycles. The van der Waals surface area contributed by atoms with Crippen LogP contribution in [-0.4, -0.2) is 0 Å². The summed E-state index contributed by atoms with van der Waals surface area (Å²) in [6.45, 7) is 0.194. The Balaban J connectivity index is 1.84. The number of hydrogen-bond donors (Lipinski definition) is 0. The molecule has 2 aromatic carbocycles. The molecular formula is C15H10F2O2. The van der Waals surface area contributed by atoms with E-state index in [1.54, 1.807) is 18.2 Å². The highest BCUT2D eigenvalue weighted by Crippen LogP contribution is 2.23. The maximum atomic E-state index is 13.2. The molecule has 96 valence electrons. The number of furan rings is 1. The number of fused-ring (bicyclic) bond motifs is 1. The van der Waals surface area contributed by atoms with Crippen LogP contribution in [0.4, 0.5) is 8.78 Å². The molecule has 0 saturated carbocycles. The van der Waals surface area contributed by atoms with E-state index in [1.807, 2.05) is 0 Å². The van der Waals surface area contributed by atoms with Crippen molar-refractivity contribution in [2.45, 2.75) is 6.61 Å². The molecule has 3 rings (SSSR count). The summed E-state index contributed by atoms with van der Waals surface area (Å²) in [4.78, 5) is 0. The van der Waals surface area contributed by atoms with Gasteiger partial charge in [0.15, 0.2) is 0 Å². The number of rotatable bonds is 3. The summed E-state index contributed by atoms with van der Waals surface area (Å²) in [5, 5.41) is 0.663. The van der Waals surface area contributed by atoms with Crippen LogP contribution in [0.2, 0.25) is 0 Å². The van der Waals surface area contributed by atoms with Crippen molar-refractivity contribution in [3.05, 3.63) is 65.9 Å². The molecule has 0 fully saturated rings. The predicted molar refractivity (Wildman–Crippen MR) is 66.9 cm³/mol. The molecule has 4 heteroatoms. The lowest BCUT2D eigenvalue weighted by molar-refractivity contribution is 0.304. The first-order chi connectivity index (χ1) is 9.22. The number of hydrogen-bond acceptors (Lipinski definition) is 2. The van der Waals surface area contributed by atoms with E-state index in [1.165, 1.54) is 30.5 Å². The van der Waals surface area contributed by atoms with Crippen molar-refractivity contribution in [3.63, 3.8) is 0 Å². The second-order valence-corrected chi connectivity index (χ2v) is 4.15. The molecule has 0 amide bonds. The highest BCUT2D eigenvalue weighted by atomic mass is 19.1. The summed E-state index contributed by atoms with van der Waals surface area (Å²) in [5.74, 6) is -0.271. The van der Waals surface area contributed by atoms with Crippen molar-refractivity contribution >= 4 is 11.0 Å². The van der Waals surface area contributed by atoms with Gasteiger partial charge in [0.25, 0.3) is 0 Å². The summed E-state index contributed by atoms with van der Waals surface area (Å²) in [6, 6.07) is 10.2. The molecule has 2 nitrogen and oxygen atoms in total.